The first-order valence-corrected chi connectivity index (χ1v) is 12.4. The summed E-state index contributed by atoms with van der Waals surface area (Å²) in [6, 6.07) is 4.90. The van der Waals surface area contributed by atoms with Crippen LogP contribution < -0.4 is 10.1 Å². The molecule has 1 aromatic rings. The monoisotopic (exact) mass is 484 g/mol. The van der Waals surface area contributed by atoms with Crippen LogP contribution in [-0.4, -0.2) is 101 Å². The molecule has 4 aliphatic rings. The van der Waals surface area contributed by atoms with Gasteiger partial charge in [0.15, 0.2) is 0 Å². The number of likely N-dealkylation sites (tertiary alicyclic amines) is 1. The molecule has 4 amide bonds. The summed E-state index contributed by atoms with van der Waals surface area (Å²) in [5, 5.41) is 11.3. The van der Waals surface area contributed by atoms with Crippen molar-refractivity contribution in [2.24, 2.45) is 0 Å². The van der Waals surface area contributed by atoms with Crippen molar-refractivity contribution in [3.63, 3.8) is 0 Å². The molecule has 2 saturated heterocycles. The maximum Gasteiger partial charge on any atom is 0.262 e. The van der Waals surface area contributed by atoms with Crippen LogP contribution in [0.3, 0.4) is 0 Å². The highest BCUT2D eigenvalue weighted by atomic mass is 16.5. The Bertz CT molecular complexity index is 1030. The van der Waals surface area contributed by atoms with E-state index in [1.54, 1.807) is 18.2 Å². The van der Waals surface area contributed by atoms with Gasteiger partial charge >= 0.3 is 0 Å². The van der Waals surface area contributed by atoms with Gasteiger partial charge in [-0.05, 0) is 57.6 Å². The molecule has 2 N–H and O–H groups in total. The molecule has 188 valence electrons. The number of aliphatic hydroxyl groups is 1. The van der Waals surface area contributed by atoms with E-state index in [0.29, 0.717) is 17.8 Å². The van der Waals surface area contributed by atoms with E-state index in [9.17, 15) is 19.2 Å². The Balaban J connectivity index is 1.16. The number of benzene rings is 1. The van der Waals surface area contributed by atoms with Crippen molar-refractivity contribution in [3.8, 4) is 5.75 Å². The van der Waals surface area contributed by atoms with Crippen molar-refractivity contribution < 1.29 is 29.0 Å². The fourth-order valence-corrected chi connectivity index (χ4v) is 5.67. The van der Waals surface area contributed by atoms with Crippen LogP contribution in [0.1, 0.15) is 59.2 Å². The molecule has 0 spiro atoms. The van der Waals surface area contributed by atoms with Gasteiger partial charge in [0, 0.05) is 37.9 Å². The van der Waals surface area contributed by atoms with Crippen LogP contribution in [-0.2, 0) is 9.59 Å². The molecule has 3 heterocycles. The van der Waals surface area contributed by atoms with Crippen molar-refractivity contribution >= 4 is 23.6 Å². The molecule has 10 nitrogen and oxygen atoms in total. The average Bonchev–Trinajstić information content (AvgIpc) is 3.06. The van der Waals surface area contributed by atoms with Crippen LogP contribution in [0, 0.1) is 0 Å². The van der Waals surface area contributed by atoms with Gasteiger partial charge < -0.3 is 19.6 Å². The third-order valence-electron chi connectivity index (χ3n) is 7.91. The number of ether oxygens (including phenoxy) is 1. The minimum absolute atomic E-state index is 0.0495. The van der Waals surface area contributed by atoms with Gasteiger partial charge in [0.1, 0.15) is 17.9 Å². The average molecular weight is 485 g/mol. The molecular formula is C25H32N4O6. The lowest BCUT2D eigenvalue weighted by Crippen LogP contribution is -2.54. The molecule has 1 aliphatic carbocycles. The lowest BCUT2D eigenvalue weighted by molar-refractivity contribution is -0.136. The van der Waals surface area contributed by atoms with E-state index in [1.165, 1.54) is 0 Å². The Kier molecular flexibility index (Phi) is 6.61. The first-order valence-electron chi connectivity index (χ1n) is 12.4. The van der Waals surface area contributed by atoms with E-state index in [2.05, 4.69) is 22.2 Å². The molecule has 10 heteroatoms. The number of imide groups is 2. The van der Waals surface area contributed by atoms with Gasteiger partial charge in [0.2, 0.25) is 11.8 Å². The molecule has 1 aromatic carbocycles. The van der Waals surface area contributed by atoms with Crippen molar-refractivity contribution in [2.75, 3.05) is 33.3 Å². The zero-order chi connectivity index (χ0) is 24.7. The minimum Gasteiger partial charge on any atom is -0.490 e. The van der Waals surface area contributed by atoms with Crippen LogP contribution in [0.15, 0.2) is 18.2 Å². The Morgan fingerprint density at radius 1 is 1.03 bits per heavy atom. The molecule has 0 aromatic heterocycles. The van der Waals surface area contributed by atoms with E-state index in [4.69, 9.17) is 9.84 Å². The number of carbonyl (C=O) groups is 4. The summed E-state index contributed by atoms with van der Waals surface area (Å²) >= 11 is 0. The smallest absolute Gasteiger partial charge is 0.262 e. The number of fused-ring (bicyclic) bond motifs is 1. The SMILES string of the molecule is CN(C1CCN(CCO)CC1)C1CC(Oc2ccc3c(c2)C(=O)N(C2CCC(=O)NC2=O)C3=O)C1. The number of aliphatic hydroxyl groups excluding tert-OH is 1. The number of hydrogen-bond donors (Lipinski definition) is 2. The summed E-state index contributed by atoms with van der Waals surface area (Å²) in [4.78, 5) is 55.2. The first-order chi connectivity index (χ1) is 16.9. The van der Waals surface area contributed by atoms with Gasteiger partial charge in [0.05, 0.1) is 17.7 Å². The Morgan fingerprint density at radius 3 is 2.43 bits per heavy atom. The highest BCUT2D eigenvalue weighted by Gasteiger charge is 2.45. The minimum atomic E-state index is -0.970. The van der Waals surface area contributed by atoms with Gasteiger partial charge in [0.25, 0.3) is 11.8 Å². The fourth-order valence-electron chi connectivity index (χ4n) is 5.67. The molecule has 1 saturated carbocycles. The topological polar surface area (TPSA) is 119 Å². The molecule has 3 aliphatic heterocycles. The standard InChI is InChI=1S/C25H32N4O6/c1-27(15-6-8-28(9-7-15)10-11-30)16-12-18(13-16)35-17-2-3-19-20(14-17)25(34)29(24(19)33)21-4-5-22(31)26-23(21)32/h2-3,14-16,18,21,30H,4-13H2,1H3,(H,26,31,32). The summed E-state index contributed by atoms with van der Waals surface area (Å²) < 4.78 is 6.12. The van der Waals surface area contributed by atoms with Crippen LogP contribution in [0.4, 0.5) is 0 Å². The third kappa shape index (κ3) is 4.57. The number of nitrogens with one attached hydrogen (secondary N) is 1. The predicted molar refractivity (Wildman–Crippen MR) is 125 cm³/mol. The molecular weight excluding hydrogens is 452 g/mol. The van der Waals surface area contributed by atoms with Gasteiger partial charge in [-0.25, -0.2) is 0 Å². The van der Waals surface area contributed by atoms with Crippen LogP contribution in [0.2, 0.25) is 0 Å². The van der Waals surface area contributed by atoms with Gasteiger partial charge in [-0.2, -0.15) is 0 Å². The number of piperidine rings is 2. The van der Waals surface area contributed by atoms with Gasteiger partial charge in [-0.3, -0.25) is 29.4 Å². The van der Waals surface area contributed by atoms with E-state index in [0.717, 1.165) is 50.2 Å². The van der Waals surface area contributed by atoms with Crippen LogP contribution in [0.25, 0.3) is 0 Å². The Labute approximate surface area is 204 Å². The Hall–Kier alpha value is -2.82. The molecule has 35 heavy (non-hydrogen) atoms. The summed E-state index contributed by atoms with van der Waals surface area (Å²) in [5.74, 6) is -1.50. The van der Waals surface area contributed by atoms with E-state index in [1.807, 2.05) is 0 Å². The second-order valence-corrected chi connectivity index (χ2v) is 9.98. The highest BCUT2D eigenvalue weighted by Crippen LogP contribution is 2.35. The molecule has 5 rings (SSSR count). The lowest BCUT2D eigenvalue weighted by atomic mass is 9.86. The van der Waals surface area contributed by atoms with Crippen molar-refractivity contribution in [3.05, 3.63) is 29.3 Å². The molecule has 3 fully saturated rings. The second kappa shape index (κ2) is 9.67. The number of nitrogens with zero attached hydrogens (tertiary/aromatic N) is 3. The number of β-amino-alcohol motifs (C(OH)–C–C–N with tert-alkyl or cyclic N) is 1. The maximum absolute atomic E-state index is 13.0. The van der Waals surface area contributed by atoms with E-state index < -0.39 is 29.7 Å². The largest absolute Gasteiger partial charge is 0.490 e. The Morgan fingerprint density at radius 2 is 1.74 bits per heavy atom. The normalized spacial score (nSPS) is 27.7. The summed E-state index contributed by atoms with van der Waals surface area (Å²) in [7, 11) is 2.18. The number of hydrogen-bond acceptors (Lipinski definition) is 8. The highest BCUT2D eigenvalue weighted by molar-refractivity contribution is 6.23. The number of carbonyl (C=O) groups excluding carboxylic acids is 4. The first kappa shape index (κ1) is 23.9. The number of amides is 4. The molecule has 0 radical (unpaired) electrons. The van der Waals surface area contributed by atoms with E-state index >= 15 is 0 Å². The predicted octanol–water partition coefficient (Wildman–Crippen LogP) is 0.386. The summed E-state index contributed by atoms with van der Waals surface area (Å²) in [5.41, 5.74) is 0.491. The molecule has 1 atom stereocenters. The third-order valence-corrected chi connectivity index (χ3v) is 7.91. The van der Waals surface area contributed by atoms with E-state index in [-0.39, 0.29) is 36.7 Å². The van der Waals surface area contributed by atoms with Crippen LogP contribution in [0.5, 0.6) is 5.75 Å². The fraction of sp³-hybridized carbons (Fsp3) is 0.600. The van der Waals surface area contributed by atoms with Crippen molar-refractivity contribution in [1.82, 2.24) is 20.0 Å². The summed E-state index contributed by atoms with van der Waals surface area (Å²) in [6.07, 6.45) is 4.29. The molecule has 1 unspecified atom stereocenters. The van der Waals surface area contributed by atoms with Crippen LogP contribution >= 0.6 is 0 Å². The van der Waals surface area contributed by atoms with Gasteiger partial charge in [-0.1, -0.05) is 0 Å². The zero-order valence-electron chi connectivity index (χ0n) is 19.9. The molecule has 0 bridgehead atoms. The van der Waals surface area contributed by atoms with Crippen molar-refractivity contribution in [1.29, 1.82) is 0 Å². The van der Waals surface area contributed by atoms with Gasteiger partial charge in [-0.15, -0.1) is 0 Å². The lowest BCUT2D eigenvalue weighted by Gasteiger charge is -2.46. The summed E-state index contributed by atoms with van der Waals surface area (Å²) in [6.45, 7) is 2.98. The zero-order valence-corrected chi connectivity index (χ0v) is 19.9. The van der Waals surface area contributed by atoms with Crippen molar-refractivity contribution in [2.45, 2.75) is 62.8 Å². The maximum atomic E-state index is 13.0. The second-order valence-electron chi connectivity index (χ2n) is 9.98. The quantitative estimate of drug-likeness (QED) is 0.534. The number of rotatable bonds is 7.